The van der Waals surface area contributed by atoms with E-state index in [-0.39, 0.29) is 58.0 Å². The fourth-order valence-corrected chi connectivity index (χ4v) is 0.952. The maximum atomic E-state index is 10.0. The molecule has 1 nitrogen and oxygen atoms in total. The van der Waals surface area contributed by atoms with Crippen LogP contribution in [0.5, 0.6) is 0 Å². The minimum absolute atomic E-state index is 0. The Balaban J connectivity index is 0.000000490. The van der Waals surface area contributed by atoms with Crippen LogP contribution in [0.4, 0.5) is 0 Å². The first kappa shape index (κ1) is 9.30. The van der Waals surface area contributed by atoms with Crippen molar-refractivity contribution in [3.63, 3.8) is 0 Å². The van der Waals surface area contributed by atoms with Crippen molar-refractivity contribution in [1.82, 2.24) is 0 Å². The molecule has 0 radical (unpaired) electrons. The van der Waals surface area contributed by atoms with Gasteiger partial charge >= 0.3 is 51.4 Å². The predicted molar refractivity (Wildman–Crippen MR) is 28.0 cm³/mol. The Morgan fingerprint density at radius 3 is 2.62 bits per heavy atom. The molecule has 0 atom stereocenters. The van der Waals surface area contributed by atoms with Gasteiger partial charge in [-0.15, -0.1) is 6.61 Å². The van der Waals surface area contributed by atoms with Crippen LogP contribution in [0.15, 0.2) is 17.5 Å². The Morgan fingerprint density at radius 1 is 1.62 bits per heavy atom. The van der Waals surface area contributed by atoms with E-state index in [4.69, 9.17) is 0 Å². The Hall–Kier alpha value is 1.30. The topological polar surface area (TPSA) is 23.1 Å². The zero-order chi connectivity index (χ0) is 5.11. The van der Waals surface area contributed by atoms with Crippen molar-refractivity contribution in [3.05, 3.63) is 22.4 Å². The molecule has 0 N–H and O–H groups in total. The van der Waals surface area contributed by atoms with E-state index >= 15 is 0 Å². The van der Waals surface area contributed by atoms with Crippen LogP contribution < -0.4 is 56.5 Å². The minimum atomic E-state index is -0.0718. The average Bonchev–Trinajstić information content (AvgIpc) is 2.14. The molecule has 1 heterocycles. The van der Waals surface area contributed by atoms with Gasteiger partial charge in [0.05, 0.1) is 0 Å². The van der Waals surface area contributed by atoms with E-state index in [2.05, 4.69) is 0 Å². The van der Waals surface area contributed by atoms with Gasteiger partial charge in [0.25, 0.3) is 0 Å². The average molecular weight is 152 g/mol. The van der Waals surface area contributed by atoms with Crippen molar-refractivity contribution in [1.29, 1.82) is 0 Å². The summed E-state index contributed by atoms with van der Waals surface area (Å²) in [5.41, 5.74) is 0. The molecular formula is C5H5KOS. The van der Waals surface area contributed by atoms with Gasteiger partial charge in [-0.3, -0.25) is 0 Å². The summed E-state index contributed by atoms with van der Waals surface area (Å²) in [5.74, 6) is 0. The molecule has 0 aliphatic carbocycles. The van der Waals surface area contributed by atoms with Crippen LogP contribution in [-0.2, 0) is 6.61 Å². The summed E-state index contributed by atoms with van der Waals surface area (Å²) in [6.07, 6.45) is 0. The summed E-state index contributed by atoms with van der Waals surface area (Å²) < 4.78 is 0. The molecule has 0 aliphatic heterocycles. The molecule has 0 unspecified atom stereocenters. The number of thiophene rings is 1. The van der Waals surface area contributed by atoms with Gasteiger partial charge in [-0.1, -0.05) is 6.07 Å². The summed E-state index contributed by atoms with van der Waals surface area (Å²) in [4.78, 5) is 0.917. The number of rotatable bonds is 1. The SMILES string of the molecule is [K+].[O-]Cc1cccs1. The first-order valence-corrected chi connectivity index (χ1v) is 2.92. The van der Waals surface area contributed by atoms with Crippen molar-refractivity contribution >= 4 is 11.3 Å². The molecule has 1 aromatic rings. The normalized spacial score (nSPS) is 8.12. The molecule has 0 aliphatic rings. The zero-order valence-corrected chi connectivity index (χ0v) is 8.70. The predicted octanol–water partition coefficient (Wildman–Crippen LogP) is -2.39. The first-order chi connectivity index (χ1) is 3.43. The van der Waals surface area contributed by atoms with Gasteiger partial charge in [-0.2, -0.15) is 11.3 Å². The molecule has 0 saturated heterocycles. The van der Waals surface area contributed by atoms with Crippen LogP contribution in [0.2, 0.25) is 0 Å². The van der Waals surface area contributed by atoms with E-state index in [1.165, 1.54) is 11.3 Å². The van der Waals surface area contributed by atoms with Gasteiger partial charge < -0.3 is 5.11 Å². The third kappa shape index (κ3) is 2.73. The molecule has 0 bridgehead atoms. The summed E-state index contributed by atoms with van der Waals surface area (Å²) in [6.45, 7) is -0.0718. The van der Waals surface area contributed by atoms with Gasteiger partial charge in [0.1, 0.15) is 0 Å². The van der Waals surface area contributed by atoms with Gasteiger partial charge in [-0.25, -0.2) is 0 Å². The van der Waals surface area contributed by atoms with E-state index < -0.39 is 0 Å². The van der Waals surface area contributed by atoms with Crippen LogP contribution in [0.1, 0.15) is 4.88 Å². The van der Waals surface area contributed by atoms with Crippen molar-refractivity contribution in [2.24, 2.45) is 0 Å². The Labute approximate surface area is 95.2 Å². The fraction of sp³-hybridized carbons (Fsp3) is 0.200. The Morgan fingerprint density at radius 2 is 2.38 bits per heavy atom. The maximum Gasteiger partial charge on any atom is 1.00 e. The molecule has 0 spiro atoms. The van der Waals surface area contributed by atoms with Crippen molar-refractivity contribution in [2.45, 2.75) is 6.61 Å². The molecule has 8 heavy (non-hydrogen) atoms. The van der Waals surface area contributed by atoms with E-state index in [1.54, 1.807) is 0 Å². The van der Waals surface area contributed by atoms with E-state index in [1.807, 2.05) is 17.5 Å². The van der Waals surface area contributed by atoms with Crippen molar-refractivity contribution in [3.8, 4) is 0 Å². The fourth-order valence-electron chi connectivity index (χ4n) is 0.395. The quantitative estimate of drug-likeness (QED) is 0.412. The molecular weight excluding hydrogens is 147 g/mol. The monoisotopic (exact) mass is 152 g/mol. The molecule has 1 aromatic heterocycles. The van der Waals surface area contributed by atoms with Crippen molar-refractivity contribution < 1.29 is 56.5 Å². The second-order valence-corrected chi connectivity index (χ2v) is 2.26. The van der Waals surface area contributed by atoms with Gasteiger partial charge in [0.15, 0.2) is 0 Å². The molecule has 0 amide bonds. The molecule has 0 aromatic carbocycles. The summed E-state index contributed by atoms with van der Waals surface area (Å²) >= 11 is 1.51. The standard InChI is InChI=1S/C5H5OS.K/c6-4-5-2-1-3-7-5;/h1-3H,4H2;/q-1;+1. The largest absolute Gasteiger partial charge is 1.00 e. The Bertz CT molecular complexity index is 127. The second-order valence-electron chi connectivity index (χ2n) is 1.22. The van der Waals surface area contributed by atoms with Crippen LogP contribution in [0.3, 0.4) is 0 Å². The number of hydrogen-bond donors (Lipinski definition) is 0. The van der Waals surface area contributed by atoms with E-state index in [9.17, 15) is 5.11 Å². The molecule has 38 valence electrons. The maximum absolute atomic E-state index is 10.0. The minimum Gasteiger partial charge on any atom is -0.850 e. The van der Waals surface area contributed by atoms with Crippen molar-refractivity contribution in [2.75, 3.05) is 0 Å². The smallest absolute Gasteiger partial charge is 0.850 e. The van der Waals surface area contributed by atoms with E-state index in [0.29, 0.717) is 0 Å². The second kappa shape index (κ2) is 5.11. The van der Waals surface area contributed by atoms with Crippen LogP contribution in [0.25, 0.3) is 0 Å². The third-order valence-electron chi connectivity index (χ3n) is 0.722. The summed E-state index contributed by atoms with van der Waals surface area (Å²) in [7, 11) is 0. The molecule has 0 fully saturated rings. The summed E-state index contributed by atoms with van der Waals surface area (Å²) in [6, 6.07) is 3.73. The van der Waals surface area contributed by atoms with Gasteiger partial charge in [0.2, 0.25) is 0 Å². The van der Waals surface area contributed by atoms with Crippen LogP contribution >= 0.6 is 11.3 Å². The molecule has 1 rings (SSSR count). The third-order valence-corrected chi connectivity index (χ3v) is 1.57. The van der Waals surface area contributed by atoms with Crippen LogP contribution in [-0.4, -0.2) is 0 Å². The molecule has 0 saturated carbocycles. The molecule has 3 heteroatoms. The first-order valence-electron chi connectivity index (χ1n) is 2.04. The van der Waals surface area contributed by atoms with Gasteiger partial charge in [0, 0.05) is 0 Å². The summed E-state index contributed by atoms with van der Waals surface area (Å²) in [5, 5.41) is 11.9. The number of hydrogen-bond acceptors (Lipinski definition) is 2. The zero-order valence-electron chi connectivity index (χ0n) is 4.76. The van der Waals surface area contributed by atoms with E-state index in [0.717, 1.165) is 4.88 Å². The Kier molecular flexibility index (Phi) is 5.94. The van der Waals surface area contributed by atoms with Crippen LogP contribution in [0, 0.1) is 0 Å². The van der Waals surface area contributed by atoms with Gasteiger partial charge in [-0.05, 0) is 16.3 Å².